The van der Waals surface area contributed by atoms with Gasteiger partial charge in [0.15, 0.2) is 0 Å². The molecule has 0 rings (SSSR count). The minimum Gasteiger partial charge on any atom is -0.469 e. The number of carbonyl (C=O) groups excluding carboxylic acids is 1. The third-order valence-electron chi connectivity index (χ3n) is 3.19. The summed E-state index contributed by atoms with van der Waals surface area (Å²) >= 11 is 0. The molecule has 0 saturated heterocycles. The van der Waals surface area contributed by atoms with Gasteiger partial charge in [-0.2, -0.15) is 0 Å². The van der Waals surface area contributed by atoms with Crippen molar-refractivity contribution in [1.29, 1.82) is 0 Å². The molecule has 2 heteroatoms. The van der Waals surface area contributed by atoms with Gasteiger partial charge in [-0.15, -0.1) is 0 Å². The van der Waals surface area contributed by atoms with E-state index in [0.29, 0.717) is 6.42 Å². The van der Waals surface area contributed by atoms with Gasteiger partial charge in [-0.25, -0.2) is 0 Å². The fourth-order valence-electron chi connectivity index (χ4n) is 1.89. The molecule has 126 valence electrons. The summed E-state index contributed by atoms with van der Waals surface area (Å²) in [4.78, 5) is 10.9. The molecular weight excluding hydrogens is 284 g/mol. The molecule has 0 bridgehead atoms. The second kappa shape index (κ2) is 18.0. The maximum Gasteiger partial charge on any atom is 0.305 e. The highest BCUT2D eigenvalue weighted by atomic mass is 16.5. The van der Waals surface area contributed by atoms with Gasteiger partial charge in [0.25, 0.3) is 0 Å². The van der Waals surface area contributed by atoms with Gasteiger partial charge in [0.1, 0.15) is 0 Å². The van der Waals surface area contributed by atoms with Crippen LogP contribution in [-0.4, -0.2) is 13.1 Å². The van der Waals surface area contributed by atoms with Gasteiger partial charge in [-0.1, -0.05) is 80.1 Å². The molecule has 0 amide bonds. The van der Waals surface area contributed by atoms with Crippen molar-refractivity contribution in [2.24, 2.45) is 0 Å². The minimum absolute atomic E-state index is 0.100. The van der Waals surface area contributed by atoms with E-state index in [4.69, 9.17) is 0 Å². The standard InChI is InChI=1S/C21H30O2/c1-3-4-5-6-7-8-9-10-11-12-13-14-15-16-17-18-19-20-21(22)23-2/h3-10H,13-20H2,1-2H3/b4-3+,6-5+,8-7+,10-9-. The van der Waals surface area contributed by atoms with Crippen LogP contribution in [0.5, 0.6) is 0 Å². The van der Waals surface area contributed by atoms with Crippen LogP contribution in [0.2, 0.25) is 0 Å². The Balaban J connectivity index is 3.43. The van der Waals surface area contributed by atoms with E-state index >= 15 is 0 Å². The first-order chi connectivity index (χ1) is 11.3. The fraction of sp³-hybridized carbons (Fsp3) is 0.476. The van der Waals surface area contributed by atoms with E-state index in [0.717, 1.165) is 25.7 Å². The van der Waals surface area contributed by atoms with Crippen LogP contribution in [-0.2, 0) is 9.53 Å². The molecule has 0 unspecified atom stereocenters. The zero-order valence-corrected chi connectivity index (χ0v) is 14.6. The van der Waals surface area contributed by atoms with E-state index in [9.17, 15) is 4.79 Å². The number of hydrogen-bond donors (Lipinski definition) is 0. The Morgan fingerprint density at radius 3 is 2.17 bits per heavy atom. The third-order valence-corrected chi connectivity index (χ3v) is 3.19. The van der Waals surface area contributed by atoms with Crippen molar-refractivity contribution >= 4 is 5.97 Å². The van der Waals surface area contributed by atoms with E-state index in [-0.39, 0.29) is 5.97 Å². The van der Waals surface area contributed by atoms with Crippen LogP contribution in [0.3, 0.4) is 0 Å². The molecule has 0 aromatic rings. The van der Waals surface area contributed by atoms with Crippen LogP contribution >= 0.6 is 0 Å². The molecule has 0 atom stereocenters. The van der Waals surface area contributed by atoms with Crippen molar-refractivity contribution in [3.63, 3.8) is 0 Å². The Morgan fingerprint density at radius 2 is 1.48 bits per heavy atom. The molecule has 0 fully saturated rings. The summed E-state index contributed by atoms with van der Waals surface area (Å²) in [5.41, 5.74) is 0. The number of unbranched alkanes of at least 4 members (excludes halogenated alkanes) is 6. The fourth-order valence-corrected chi connectivity index (χ4v) is 1.89. The molecule has 0 heterocycles. The van der Waals surface area contributed by atoms with Gasteiger partial charge in [0, 0.05) is 12.8 Å². The molecule has 2 nitrogen and oxygen atoms in total. The van der Waals surface area contributed by atoms with Crippen molar-refractivity contribution in [2.75, 3.05) is 7.11 Å². The first-order valence-electron chi connectivity index (χ1n) is 8.47. The Bertz CT molecular complexity index is 456. The lowest BCUT2D eigenvalue weighted by Gasteiger charge is -2.00. The molecule has 0 aliphatic carbocycles. The number of hydrogen-bond acceptors (Lipinski definition) is 2. The monoisotopic (exact) mass is 314 g/mol. The maximum atomic E-state index is 10.9. The van der Waals surface area contributed by atoms with E-state index in [1.807, 2.05) is 55.5 Å². The second-order valence-electron chi connectivity index (χ2n) is 5.17. The molecule has 0 aliphatic rings. The van der Waals surface area contributed by atoms with E-state index in [1.165, 1.54) is 26.4 Å². The van der Waals surface area contributed by atoms with Crippen molar-refractivity contribution in [3.05, 3.63) is 48.6 Å². The zero-order valence-electron chi connectivity index (χ0n) is 14.6. The van der Waals surface area contributed by atoms with Crippen LogP contribution in [0.25, 0.3) is 0 Å². The van der Waals surface area contributed by atoms with Crippen LogP contribution in [0.15, 0.2) is 48.6 Å². The third kappa shape index (κ3) is 17.9. The summed E-state index contributed by atoms with van der Waals surface area (Å²) in [5.74, 6) is 6.11. The topological polar surface area (TPSA) is 26.3 Å². The molecule has 0 aromatic carbocycles. The number of allylic oxidation sites excluding steroid dienone is 8. The van der Waals surface area contributed by atoms with Crippen molar-refractivity contribution < 1.29 is 9.53 Å². The van der Waals surface area contributed by atoms with Gasteiger partial charge < -0.3 is 4.74 Å². The average molecular weight is 314 g/mol. The first kappa shape index (κ1) is 21.0. The lowest BCUT2D eigenvalue weighted by molar-refractivity contribution is -0.140. The highest BCUT2D eigenvalue weighted by Gasteiger charge is 1.98. The zero-order chi connectivity index (χ0) is 17.0. The van der Waals surface area contributed by atoms with Crippen molar-refractivity contribution in [3.8, 4) is 11.8 Å². The summed E-state index contributed by atoms with van der Waals surface area (Å²) in [6, 6.07) is 0. The number of methoxy groups -OCH3 is 1. The number of ether oxygens (including phenoxy) is 1. The first-order valence-corrected chi connectivity index (χ1v) is 8.47. The summed E-state index contributed by atoms with van der Waals surface area (Å²) < 4.78 is 4.61. The molecule has 23 heavy (non-hydrogen) atoms. The lowest BCUT2D eigenvalue weighted by atomic mass is 10.1. The summed E-state index contributed by atoms with van der Waals surface area (Å²) in [6.45, 7) is 1.99. The van der Waals surface area contributed by atoms with Crippen LogP contribution in [0, 0.1) is 11.8 Å². The number of esters is 1. The SMILES string of the molecule is C/C=C/C=C/C=C/C=C\C#CCCCCCCCCC(=O)OC. The Labute approximate surface area is 142 Å². The normalized spacial score (nSPS) is 11.6. The van der Waals surface area contributed by atoms with Gasteiger partial charge in [-0.05, 0) is 25.8 Å². The Morgan fingerprint density at radius 1 is 0.870 bits per heavy atom. The summed E-state index contributed by atoms with van der Waals surface area (Å²) in [5, 5.41) is 0. The molecule has 0 spiro atoms. The van der Waals surface area contributed by atoms with Crippen molar-refractivity contribution in [2.45, 2.75) is 58.3 Å². The maximum absolute atomic E-state index is 10.9. The van der Waals surface area contributed by atoms with Crippen LogP contribution in [0.1, 0.15) is 58.3 Å². The van der Waals surface area contributed by atoms with Gasteiger partial charge in [-0.3, -0.25) is 4.79 Å². The van der Waals surface area contributed by atoms with E-state index in [2.05, 4.69) is 16.6 Å². The quantitative estimate of drug-likeness (QED) is 0.217. The lowest BCUT2D eigenvalue weighted by Crippen LogP contribution is -1.99. The van der Waals surface area contributed by atoms with Gasteiger partial charge in [0.05, 0.1) is 7.11 Å². The number of rotatable bonds is 11. The van der Waals surface area contributed by atoms with Crippen LogP contribution in [0.4, 0.5) is 0 Å². The summed E-state index contributed by atoms with van der Waals surface area (Å²) in [6.07, 6.45) is 24.1. The van der Waals surface area contributed by atoms with Crippen molar-refractivity contribution in [1.82, 2.24) is 0 Å². The minimum atomic E-state index is -0.100. The predicted molar refractivity (Wildman–Crippen MR) is 99.0 cm³/mol. The molecular formula is C21H30O2. The van der Waals surface area contributed by atoms with Crippen LogP contribution < -0.4 is 0 Å². The van der Waals surface area contributed by atoms with E-state index < -0.39 is 0 Å². The molecule has 0 N–H and O–H groups in total. The smallest absolute Gasteiger partial charge is 0.305 e. The van der Waals surface area contributed by atoms with E-state index in [1.54, 1.807) is 0 Å². The predicted octanol–water partition coefficient (Wildman–Crippen LogP) is 5.53. The summed E-state index contributed by atoms with van der Waals surface area (Å²) in [7, 11) is 1.44. The molecule has 0 aromatic heterocycles. The molecule has 0 saturated carbocycles. The second-order valence-corrected chi connectivity index (χ2v) is 5.17. The molecule has 0 radical (unpaired) electrons. The molecule has 0 aliphatic heterocycles. The highest BCUT2D eigenvalue weighted by molar-refractivity contribution is 5.68. The Kier molecular flexibility index (Phi) is 16.5. The number of carbonyl (C=O) groups is 1. The Hall–Kier alpha value is -2.01. The average Bonchev–Trinajstić information content (AvgIpc) is 2.57. The van der Waals surface area contributed by atoms with Gasteiger partial charge in [0.2, 0.25) is 0 Å². The largest absolute Gasteiger partial charge is 0.469 e. The van der Waals surface area contributed by atoms with Gasteiger partial charge >= 0.3 is 5.97 Å². The highest BCUT2D eigenvalue weighted by Crippen LogP contribution is 2.08.